The van der Waals surface area contributed by atoms with Gasteiger partial charge in [0.25, 0.3) is 0 Å². The number of halogens is 3. The van der Waals surface area contributed by atoms with Gasteiger partial charge in [-0.1, -0.05) is 68.4 Å². The SMILES string of the molecule is CC(C)CC(Sc1ccc(-c2ccc(OC(F)(F)F)cc2)cc1)c1ccccc1. The van der Waals surface area contributed by atoms with Gasteiger partial charge in [0.05, 0.1) is 0 Å². The van der Waals surface area contributed by atoms with Gasteiger partial charge in [0.1, 0.15) is 5.75 Å². The van der Waals surface area contributed by atoms with Gasteiger partial charge in [0.15, 0.2) is 0 Å². The molecule has 3 rings (SSSR count). The summed E-state index contributed by atoms with van der Waals surface area (Å²) in [5.74, 6) is 0.372. The number of thioether (sulfide) groups is 1. The second-order valence-corrected chi connectivity index (χ2v) is 8.52. The van der Waals surface area contributed by atoms with Crippen LogP contribution in [0.1, 0.15) is 31.1 Å². The molecule has 1 atom stereocenters. The first-order valence-corrected chi connectivity index (χ1v) is 10.4. The summed E-state index contributed by atoms with van der Waals surface area (Å²) in [5, 5.41) is 0.376. The van der Waals surface area contributed by atoms with Gasteiger partial charge in [-0.3, -0.25) is 0 Å². The average Bonchev–Trinajstić information content (AvgIpc) is 2.68. The smallest absolute Gasteiger partial charge is 0.406 e. The van der Waals surface area contributed by atoms with Gasteiger partial charge in [-0.2, -0.15) is 0 Å². The Labute approximate surface area is 173 Å². The normalized spacial score (nSPS) is 12.8. The maximum Gasteiger partial charge on any atom is 0.573 e. The molecule has 1 nitrogen and oxygen atoms in total. The minimum atomic E-state index is -4.67. The number of ether oxygens (including phenoxy) is 1. The van der Waals surface area contributed by atoms with E-state index < -0.39 is 6.36 Å². The van der Waals surface area contributed by atoms with E-state index >= 15 is 0 Å². The molecule has 5 heteroatoms. The molecule has 0 aliphatic heterocycles. The molecule has 0 amide bonds. The van der Waals surface area contributed by atoms with Crippen LogP contribution in [-0.4, -0.2) is 6.36 Å². The number of alkyl halides is 3. The second-order valence-electron chi connectivity index (χ2n) is 7.24. The van der Waals surface area contributed by atoms with Crippen molar-refractivity contribution in [2.45, 2.75) is 36.8 Å². The summed E-state index contributed by atoms with van der Waals surface area (Å²) in [6.07, 6.45) is -3.59. The number of hydrogen-bond donors (Lipinski definition) is 0. The predicted molar refractivity (Wildman–Crippen MR) is 113 cm³/mol. The van der Waals surface area contributed by atoms with Gasteiger partial charge in [-0.05, 0) is 53.3 Å². The highest BCUT2D eigenvalue weighted by Gasteiger charge is 2.30. The highest BCUT2D eigenvalue weighted by atomic mass is 32.2. The molecule has 0 saturated carbocycles. The van der Waals surface area contributed by atoms with Gasteiger partial charge >= 0.3 is 6.36 Å². The summed E-state index contributed by atoms with van der Waals surface area (Å²) in [6.45, 7) is 4.46. The van der Waals surface area contributed by atoms with Gasteiger partial charge in [-0.15, -0.1) is 24.9 Å². The van der Waals surface area contributed by atoms with E-state index in [4.69, 9.17) is 0 Å². The molecule has 3 aromatic carbocycles. The predicted octanol–water partition coefficient (Wildman–Crippen LogP) is 8.13. The lowest BCUT2D eigenvalue weighted by Crippen LogP contribution is -2.16. The Morgan fingerprint density at radius 1 is 0.793 bits per heavy atom. The highest BCUT2D eigenvalue weighted by Crippen LogP contribution is 2.40. The van der Waals surface area contributed by atoms with Crippen LogP contribution >= 0.6 is 11.8 Å². The minimum Gasteiger partial charge on any atom is -0.406 e. The second kappa shape index (κ2) is 9.40. The van der Waals surface area contributed by atoms with Gasteiger partial charge in [0, 0.05) is 10.1 Å². The third kappa shape index (κ3) is 6.57. The minimum absolute atomic E-state index is 0.215. The zero-order valence-corrected chi connectivity index (χ0v) is 17.1. The first-order valence-electron chi connectivity index (χ1n) is 9.48. The van der Waals surface area contributed by atoms with Crippen LogP contribution < -0.4 is 4.74 Å². The van der Waals surface area contributed by atoms with Crippen LogP contribution in [0.2, 0.25) is 0 Å². The van der Waals surface area contributed by atoms with Crippen molar-refractivity contribution in [3.8, 4) is 16.9 Å². The van der Waals surface area contributed by atoms with E-state index in [1.807, 2.05) is 30.0 Å². The zero-order chi connectivity index (χ0) is 20.9. The van der Waals surface area contributed by atoms with E-state index in [-0.39, 0.29) is 5.75 Å². The van der Waals surface area contributed by atoms with Crippen LogP contribution in [0.4, 0.5) is 13.2 Å². The highest BCUT2D eigenvalue weighted by molar-refractivity contribution is 7.99. The van der Waals surface area contributed by atoms with E-state index in [1.54, 1.807) is 12.1 Å². The summed E-state index contributed by atoms with van der Waals surface area (Å²) < 4.78 is 40.8. The first-order chi connectivity index (χ1) is 13.8. The average molecular weight is 417 g/mol. The third-order valence-electron chi connectivity index (χ3n) is 4.41. The molecule has 0 spiro atoms. The molecule has 0 fully saturated rings. The largest absolute Gasteiger partial charge is 0.573 e. The monoisotopic (exact) mass is 416 g/mol. The maximum atomic E-state index is 12.3. The van der Waals surface area contributed by atoms with Crippen LogP contribution in [0, 0.1) is 5.92 Å². The molecule has 152 valence electrons. The summed E-state index contributed by atoms with van der Waals surface area (Å²) >= 11 is 1.84. The van der Waals surface area contributed by atoms with Crippen LogP contribution in [0.25, 0.3) is 11.1 Å². The van der Waals surface area contributed by atoms with E-state index in [1.165, 1.54) is 22.6 Å². The Kier molecular flexibility index (Phi) is 6.91. The molecule has 0 aromatic heterocycles. The topological polar surface area (TPSA) is 9.23 Å². The Balaban J connectivity index is 1.72. The van der Waals surface area contributed by atoms with E-state index in [0.29, 0.717) is 11.2 Å². The van der Waals surface area contributed by atoms with Gasteiger partial charge < -0.3 is 4.74 Å². The van der Waals surface area contributed by atoms with Crippen molar-refractivity contribution in [2.24, 2.45) is 5.92 Å². The Bertz CT molecular complexity index is 888. The third-order valence-corrected chi connectivity index (χ3v) is 5.70. The van der Waals surface area contributed by atoms with Crippen molar-refractivity contribution in [1.29, 1.82) is 0 Å². The lowest BCUT2D eigenvalue weighted by atomic mass is 10.0. The molecule has 0 saturated heterocycles. The van der Waals surface area contributed by atoms with E-state index in [9.17, 15) is 13.2 Å². The fourth-order valence-electron chi connectivity index (χ4n) is 3.09. The number of rotatable bonds is 7. The standard InChI is InChI=1S/C24H23F3OS/c1-17(2)16-23(20-6-4-3-5-7-20)29-22-14-10-19(11-15-22)18-8-12-21(13-9-18)28-24(25,26)27/h3-15,17,23H,16H2,1-2H3. The molecule has 0 radical (unpaired) electrons. The Hall–Kier alpha value is -2.40. The number of hydrogen-bond acceptors (Lipinski definition) is 2. The fraction of sp³-hybridized carbons (Fsp3) is 0.250. The van der Waals surface area contributed by atoms with Crippen molar-refractivity contribution < 1.29 is 17.9 Å². The first kappa shape index (κ1) is 21.3. The molecule has 0 N–H and O–H groups in total. The van der Waals surface area contributed by atoms with E-state index in [0.717, 1.165) is 17.5 Å². The Morgan fingerprint density at radius 2 is 1.34 bits per heavy atom. The van der Waals surface area contributed by atoms with Crippen molar-refractivity contribution in [2.75, 3.05) is 0 Å². The summed E-state index contributed by atoms with van der Waals surface area (Å²) in [4.78, 5) is 1.17. The van der Waals surface area contributed by atoms with Crippen LogP contribution in [-0.2, 0) is 0 Å². The fourth-order valence-corrected chi connectivity index (χ4v) is 4.48. The molecule has 0 bridgehead atoms. The molecule has 0 aliphatic carbocycles. The summed E-state index contributed by atoms with van der Waals surface area (Å²) in [5.41, 5.74) is 3.11. The van der Waals surface area contributed by atoms with Crippen LogP contribution in [0.3, 0.4) is 0 Å². The maximum absolute atomic E-state index is 12.3. The van der Waals surface area contributed by atoms with Crippen molar-refractivity contribution in [3.63, 3.8) is 0 Å². The number of benzene rings is 3. The molecule has 29 heavy (non-hydrogen) atoms. The van der Waals surface area contributed by atoms with Crippen molar-refractivity contribution in [1.82, 2.24) is 0 Å². The summed E-state index contributed by atoms with van der Waals surface area (Å²) in [6, 6.07) is 24.6. The van der Waals surface area contributed by atoms with Crippen LogP contribution in [0.5, 0.6) is 5.75 Å². The zero-order valence-electron chi connectivity index (χ0n) is 16.3. The van der Waals surface area contributed by atoms with Gasteiger partial charge in [-0.25, -0.2) is 0 Å². The molecule has 1 unspecified atom stereocenters. The molecular weight excluding hydrogens is 393 g/mol. The molecule has 3 aromatic rings. The lowest BCUT2D eigenvalue weighted by Gasteiger charge is -2.19. The van der Waals surface area contributed by atoms with Crippen molar-refractivity contribution >= 4 is 11.8 Å². The quantitative estimate of drug-likeness (QED) is 0.360. The summed E-state index contributed by atoms with van der Waals surface area (Å²) in [7, 11) is 0. The lowest BCUT2D eigenvalue weighted by molar-refractivity contribution is -0.274. The van der Waals surface area contributed by atoms with Crippen molar-refractivity contribution in [3.05, 3.63) is 84.4 Å². The molecule has 0 aliphatic rings. The van der Waals surface area contributed by atoms with E-state index in [2.05, 4.69) is 55.0 Å². The molecule has 0 heterocycles. The molecular formula is C24H23F3OS. The van der Waals surface area contributed by atoms with Gasteiger partial charge in [0.2, 0.25) is 0 Å². The Morgan fingerprint density at radius 3 is 1.86 bits per heavy atom. The van der Waals surface area contributed by atoms with Crippen LogP contribution in [0.15, 0.2) is 83.8 Å².